The normalized spacial score (nSPS) is 19.9. The van der Waals surface area contributed by atoms with Crippen molar-refractivity contribution in [1.82, 2.24) is 0 Å². The standard InChI is InChI=1S/C22H29N2.C18H33P.CF2.2ClH.Ru/c1-15-10-17(3)21(18(4)11-15)23-8-7-9-24(14-23)22-19(5)12-16(2)13-20(22)6;1-4-10-16(11-5-1)19(17-12-6-2-7-13-17)18-14-8-3-9-15-18;2-1-3;;;/h10-14H,7-9H2,1-6H3;16-18H,1-15H2;;2*1H;/q-1;;;;;+2/p-1. The molecule has 1 heterocycles. The van der Waals surface area contributed by atoms with Gasteiger partial charge in [-0.1, -0.05) is 54.7 Å². The summed E-state index contributed by atoms with van der Waals surface area (Å²) in [5.74, 6) is 0. The molecule has 49 heavy (non-hydrogen) atoms. The molecule has 6 rings (SSSR count). The number of hydrogen-bond donors (Lipinski definition) is 0. The van der Waals surface area contributed by atoms with Crippen molar-refractivity contribution in [2.24, 2.45) is 0 Å². The SMILES string of the molecule is C1CCC([PH+](C2CCCCC2)C2CCCCC2)CC1.Cc1cc(C)c(N2[CH-]N(c3c(C)cc(C)cc3C)CCC2)c(C)c1.F[C](F)=[Ru]([Cl])[Cl]. The van der Waals surface area contributed by atoms with Gasteiger partial charge in [0, 0.05) is 19.3 Å². The topological polar surface area (TPSA) is 6.48 Å². The van der Waals surface area contributed by atoms with Gasteiger partial charge in [0.25, 0.3) is 0 Å². The molecule has 0 atom stereocenters. The Bertz CT molecular complexity index is 1200. The predicted octanol–water partition coefficient (Wildman–Crippen LogP) is 13.5. The first kappa shape index (κ1) is 41.2. The van der Waals surface area contributed by atoms with E-state index in [1.54, 1.807) is 96.3 Å². The van der Waals surface area contributed by atoms with E-state index in [4.69, 9.17) is 19.4 Å². The third-order valence-corrected chi connectivity index (χ3v) is 17.5. The van der Waals surface area contributed by atoms with Gasteiger partial charge in [0.1, 0.15) is 0 Å². The summed E-state index contributed by atoms with van der Waals surface area (Å²) in [6.45, 7) is 17.8. The average Bonchev–Trinajstić information content (AvgIpc) is 3.06. The molecule has 8 heteroatoms. The van der Waals surface area contributed by atoms with E-state index in [2.05, 4.69) is 82.3 Å². The van der Waals surface area contributed by atoms with Crippen LogP contribution in [0.3, 0.4) is 0 Å². The van der Waals surface area contributed by atoms with Crippen molar-refractivity contribution in [3.8, 4) is 0 Å². The molecule has 2 nitrogen and oxygen atoms in total. The van der Waals surface area contributed by atoms with Crippen molar-refractivity contribution in [2.75, 3.05) is 22.9 Å². The van der Waals surface area contributed by atoms with Gasteiger partial charge in [0.05, 0.1) is 17.0 Å². The molecule has 278 valence electrons. The first-order valence-corrected chi connectivity index (χ1v) is 26.1. The molecule has 3 aliphatic carbocycles. The molecule has 0 aromatic heterocycles. The minimum absolute atomic E-state index is 0.0465. The molecule has 0 unspecified atom stereocenters. The van der Waals surface area contributed by atoms with Crippen LogP contribution in [0.25, 0.3) is 0 Å². The fourth-order valence-electron chi connectivity index (χ4n) is 9.59. The number of hydrogen-bond acceptors (Lipinski definition) is 2. The van der Waals surface area contributed by atoms with Gasteiger partial charge >= 0.3 is 46.3 Å². The number of aryl methyl sites for hydroxylation is 6. The molecule has 2 aromatic carbocycles. The Hall–Kier alpha value is -0.597. The molecule has 0 bridgehead atoms. The van der Waals surface area contributed by atoms with Crippen molar-refractivity contribution in [2.45, 2.75) is 161 Å². The van der Waals surface area contributed by atoms with Crippen molar-refractivity contribution < 1.29 is 22.3 Å². The van der Waals surface area contributed by atoms with E-state index in [1.165, 1.54) is 68.2 Å². The molecular formula is C41H63Cl2F2N2PRu. The summed E-state index contributed by atoms with van der Waals surface area (Å²) in [6, 6.07) is 9.16. The van der Waals surface area contributed by atoms with E-state index in [1.807, 2.05) is 0 Å². The van der Waals surface area contributed by atoms with Gasteiger partial charge in [0.15, 0.2) is 0 Å². The van der Waals surface area contributed by atoms with Crippen molar-refractivity contribution in [1.29, 1.82) is 0 Å². The van der Waals surface area contributed by atoms with Crippen LogP contribution < -0.4 is 9.80 Å². The fourth-order valence-corrected chi connectivity index (χ4v) is 14.8. The summed E-state index contributed by atoms with van der Waals surface area (Å²) >= 11 is -2.75. The van der Waals surface area contributed by atoms with Crippen LogP contribution >= 0.6 is 27.3 Å². The predicted molar refractivity (Wildman–Crippen MR) is 213 cm³/mol. The Morgan fingerprint density at radius 2 is 0.857 bits per heavy atom. The molecule has 0 amide bonds. The first-order valence-electron chi connectivity index (χ1n) is 19.0. The summed E-state index contributed by atoms with van der Waals surface area (Å²) in [4.78, 5) is 4.87. The van der Waals surface area contributed by atoms with Crippen LogP contribution in [0.15, 0.2) is 24.3 Å². The number of halogens is 4. The summed E-state index contributed by atoms with van der Waals surface area (Å²) in [6.07, 6.45) is 25.0. The zero-order chi connectivity index (χ0) is 35.5. The number of nitrogens with zero attached hydrogens (tertiary/aromatic N) is 2. The summed E-state index contributed by atoms with van der Waals surface area (Å²) < 4.78 is 19.9. The molecule has 4 fully saturated rings. The van der Waals surface area contributed by atoms with E-state index in [9.17, 15) is 8.78 Å². The van der Waals surface area contributed by atoms with Gasteiger partial charge < -0.3 is 9.80 Å². The van der Waals surface area contributed by atoms with Crippen LogP contribution in [-0.2, 0) is 13.5 Å². The van der Waals surface area contributed by atoms with Crippen LogP contribution in [-0.4, -0.2) is 34.7 Å². The quantitative estimate of drug-likeness (QED) is 0.168. The Kier molecular flexibility index (Phi) is 17.3. The van der Waals surface area contributed by atoms with Gasteiger partial charge in [-0.3, -0.25) is 0 Å². The Labute approximate surface area is 312 Å². The summed E-state index contributed by atoms with van der Waals surface area (Å²) in [5.41, 5.74) is 14.6. The van der Waals surface area contributed by atoms with E-state index < -0.39 is 18.1 Å². The molecule has 2 aromatic rings. The summed E-state index contributed by atoms with van der Waals surface area (Å²) in [7, 11) is 9.42. The van der Waals surface area contributed by atoms with E-state index in [-0.39, 0.29) is 7.92 Å². The number of benzene rings is 2. The zero-order valence-corrected chi connectivity index (χ0v) is 35.4. The second-order valence-electron chi connectivity index (χ2n) is 15.2. The van der Waals surface area contributed by atoms with E-state index in [0.29, 0.717) is 0 Å². The number of rotatable bonds is 5. The molecule has 1 aliphatic heterocycles. The molecule has 1 saturated heterocycles. The molecular weight excluding hydrogens is 761 g/mol. The second kappa shape index (κ2) is 20.6. The van der Waals surface area contributed by atoms with Gasteiger partial charge in [-0.2, -0.15) is 6.67 Å². The van der Waals surface area contributed by atoms with Crippen LogP contribution in [0.5, 0.6) is 0 Å². The number of anilines is 2. The van der Waals surface area contributed by atoms with Crippen LogP contribution in [0.4, 0.5) is 20.2 Å². The maximum absolute atomic E-state index is 10.9. The van der Waals surface area contributed by atoms with Gasteiger partial charge in [-0.05, 0) is 160 Å². The molecule has 0 spiro atoms. The Balaban J connectivity index is 0.000000193. The van der Waals surface area contributed by atoms with Crippen molar-refractivity contribution in [3.63, 3.8) is 0 Å². The average molecular weight is 825 g/mol. The van der Waals surface area contributed by atoms with Gasteiger partial charge in [-0.15, -0.1) is 0 Å². The first-order chi connectivity index (χ1) is 23.5. The van der Waals surface area contributed by atoms with Crippen molar-refractivity contribution >= 4 is 43.3 Å². The zero-order valence-electron chi connectivity index (χ0n) is 31.1. The molecule has 3 saturated carbocycles. The molecule has 4 aliphatic rings. The van der Waals surface area contributed by atoms with Gasteiger partial charge in [0.2, 0.25) is 0 Å². The van der Waals surface area contributed by atoms with E-state index >= 15 is 0 Å². The second-order valence-corrected chi connectivity index (χ2v) is 24.2. The Morgan fingerprint density at radius 3 is 1.12 bits per heavy atom. The van der Waals surface area contributed by atoms with E-state index in [0.717, 1.165) is 13.1 Å². The Morgan fingerprint density at radius 1 is 0.571 bits per heavy atom. The fraction of sp³-hybridized carbons (Fsp3) is 0.659. The molecule has 0 N–H and O–H groups in total. The van der Waals surface area contributed by atoms with Crippen molar-refractivity contribution in [3.05, 3.63) is 64.3 Å². The van der Waals surface area contributed by atoms with Crippen LogP contribution in [0.2, 0.25) is 0 Å². The van der Waals surface area contributed by atoms with Gasteiger partial charge in [-0.25, -0.2) is 0 Å². The maximum atomic E-state index is 10.9. The summed E-state index contributed by atoms with van der Waals surface area (Å²) in [5, 5.41) is 0. The minimum atomic E-state index is -2.75. The van der Waals surface area contributed by atoms with Crippen LogP contribution in [0, 0.1) is 48.2 Å². The third kappa shape index (κ3) is 12.2. The monoisotopic (exact) mass is 824 g/mol. The molecule has 0 radical (unpaired) electrons. The third-order valence-electron chi connectivity index (χ3n) is 11.3. The van der Waals surface area contributed by atoms with Crippen LogP contribution in [0.1, 0.15) is 136 Å².